The van der Waals surface area contributed by atoms with Gasteiger partial charge in [-0.25, -0.2) is 0 Å². The standard InChI is InChI=1S/C13H17N3O2/c1-3-10-5-4-6-14-11(10)7-16-8-12(17)15-9(2)13(16)18/h4-6,9H,3,7-8H2,1-2H3,(H,15,17). The first-order chi connectivity index (χ1) is 8.61. The predicted molar refractivity (Wildman–Crippen MR) is 66.6 cm³/mol. The molecule has 18 heavy (non-hydrogen) atoms. The Hall–Kier alpha value is -1.91. The maximum Gasteiger partial charge on any atom is 0.245 e. The third kappa shape index (κ3) is 2.50. The fourth-order valence-electron chi connectivity index (χ4n) is 2.12. The van der Waals surface area contributed by atoms with Crippen LogP contribution in [0.15, 0.2) is 18.3 Å². The van der Waals surface area contributed by atoms with Crippen LogP contribution in [-0.4, -0.2) is 34.3 Å². The zero-order valence-corrected chi connectivity index (χ0v) is 10.6. The van der Waals surface area contributed by atoms with Gasteiger partial charge in [0, 0.05) is 6.20 Å². The summed E-state index contributed by atoms with van der Waals surface area (Å²) < 4.78 is 0. The van der Waals surface area contributed by atoms with Crippen molar-refractivity contribution in [2.45, 2.75) is 32.9 Å². The Morgan fingerprint density at radius 3 is 3.00 bits per heavy atom. The van der Waals surface area contributed by atoms with Gasteiger partial charge in [-0.15, -0.1) is 0 Å². The van der Waals surface area contributed by atoms with E-state index in [-0.39, 0.29) is 18.4 Å². The minimum absolute atomic E-state index is 0.0534. The summed E-state index contributed by atoms with van der Waals surface area (Å²) in [5, 5.41) is 2.62. The summed E-state index contributed by atoms with van der Waals surface area (Å²) >= 11 is 0. The first-order valence-corrected chi connectivity index (χ1v) is 6.12. The van der Waals surface area contributed by atoms with E-state index in [0.29, 0.717) is 6.54 Å². The van der Waals surface area contributed by atoms with E-state index >= 15 is 0 Å². The Balaban J connectivity index is 2.17. The lowest BCUT2D eigenvalue weighted by atomic mass is 10.1. The molecule has 1 unspecified atom stereocenters. The van der Waals surface area contributed by atoms with Gasteiger partial charge in [-0.3, -0.25) is 14.6 Å². The predicted octanol–water partition coefficient (Wildman–Crippen LogP) is 0.491. The van der Waals surface area contributed by atoms with E-state index in [2.05, 4.69) is 10.3 Å². The molecule has 1 aromatic heterocycles. The van der Waals surface area contributed by atoms with Crippen LogP contribution in [0.4, 0.5) is 0 Å². The van der Waals surface area contributed by atoms with E-state index in [1.54, 1.807) is 18.0 Å². The van der Waals surface area contributed by atoms with Gasteiger partial charge in [0.15, 0.2) is 0 Å². The summed E-state index contributed by atoms with van der Waals surface area (Å²) in [6.07, 6.45) is 2.58. The van der Waals surface area contributed by atoms with E-state index in [9.17, 15) is 9.59 Å². The first kappa shape index (κ1) is 12.5. The first-order valence-electron chi connectivity index (χ1n) is 6.12. The van der Waals surface area contributed by atoms with Gasteiger partial charge in [0.05, 0.1) is 12.2 Å². The SMILES string of the molecule is CCc1cccnc1CN1CC(=O)NC(C)C1=O. The molecule has 0 radical (unpaired) electrons. The second-order valence-corrected chi connectivity index (χ2v) is 4.45. The molecule has 0 aromatic carbocycles. The van der Waals surface area contributed by atoms with E-state index in [4.69, 9.17) is 0 Å². The number of nitrogens with one attached hydrogen (secondary N) is 1. The van der Waals surface area contributed by atoms with Crippen molar-refractivity contribution in [3.63, 3.8) is 0 Å². The number of aromatic nitrogens is 1. The lowest BCUT2D eigenvalue weighted by Gasteiger charge is -2.30. The number of piperazine rings is 1. The normalized spacial score (nSPS) is 19.9. The number of carbonyl (C=O) groups excluding carboxylic acids is 2. The van der Waals surface area contributed by atoms with Crippen LogP contribution >= 0.6 is 0 Å². The van der Waals surface area contributed by atoms with Gasteiger partial charge in [-0.2, -0.15) is 0 Å². The van der Waals surface area contributed by atoms with Crippen molar-refractivity contribution in [3.8, 4) is 0 Å². The number of carbonyl (C=O) groups is 2. The lowest BCUT2D eigenvalue weighted by Crippen LogP contribution is -2.56. The average molecular weight is 247 g/mol. The van der Waals surface area contributed by atoms with Crippen molar-refractivity contribution < 1.29 is 9.59 Å². The van der Waals surface area contributed by atoms with E-state index in [0.717, 1.165) is 17.7 Å². The number of hydrogen-bond acceptors (Lipinski definition) is 3. The highest BCUT2D eigenvalue weighted by atomic mass is 16.2. The molecule has 1 fully saturated rings. The molecule has 1 aliphatic heterocycles. The topological polar surface area (TPSA) is 62.3 Å². The molecule has 5 heteroatoms. The quantitative estimate of drug-likeness (QED) is 0.845. The minimum atomic E-state index is -0.444. The summed E-state index contributed by atoms with van der Waals surface area (Å²) in [5.74, 6) is -0.168. The molecule has 1 N–H and O–H groups in total. The Labute approximate surface area is 106 Å². The third-order valence-electron chi connectivity index (χ3n) is 3.10. The highest BCUT2D eigenvalue weighted by Gasteiger charge is 2.29. The van der Waals surface area contributed by atoms with Crippen molar-refractivity contribution in [2.24, 2.45) is 0 Å². The van der Waals surface area contributed by atoms with Gasteiger partial charge in [-0.05, 0) is 25.0 Å². The van der Waals surface area contributed by atoms with Gasteiger partial charge in [0.25, 0.3) is 0 Å². The molecule has 1 saturated heterocycles. The van der Waals surface area contributed by atoms with Gasteiger partial charge in [-0.1, -0.05) is 13.0 Å². The Morgan fingerprint density at radius 1 is 1.50 bits per heavy atom. The number of pyridine rings is 1. The highest BCUT2D eigenvalue weighted by molar-refractivity contribution is 5.94. The summed E-state index contributed by atoms with van der Waals surface area (Å²) in [4.78, 5) is 29.3. The molecule has 5 nitrogen and oxygen atoms in total. The van der Waals surface area contributed by atoms with Gasteiger partial charge >= 0.3 is 0 Å². The lowest BCUT2D eigenvalue weighted by molar-refractivity contribution is -0.144. The second-order valence-electron chi connectivity index (χ2n) is 4.45. The summed E-state index contributed by atoms with van der Waals surface area (Å²) in [6, 6.07) is 3.44. The van der Waals surface area contributed by atoms with Crippen LogP contribution < -0.4 is 5.32 Å². The summed E-state index contributed by atoms with van der Waals surface area (Å²) in [5.41, 5.74) is 1.99. The van der Waals surface area contributed by atoms with E-state index in [1.165, 1.54) is 0 Å². The number of aryl methyl sites for hydroxylation is 1. The monoisotopic (exact) mass is 247 g/mol. The Morgan fingerprint density at radius 2 is 2.28 bits per heavy atom. The van der Waals surface area contributed by atoms with Crippen LogP contribution in [-0.2, 0) is 22.6 Å². The Kier molecular flexibility index (Phi) is 3.60. The number of hydrogen-bond donors (Lipinski definition) is 1. The zero-order valence-electron chi connectivity index (χ0n) is 10.6. The molecular formula is C13H17N3O2. The van der Waals surface area contributed by atoms with Crippen molar-refractivity contribution in [1.29, 1.82) is 0 Å². The van der Waals surface area contributed by atoms with Crippen LogP contribution in [0.25, 0.3) is 0 Å². The fourth-order valence-corrected chi connectivity index (χ4v) is 2.12. The molecule has 2 heterocycles. The van der Waals surface area contributed by atoms with Crippen LogP contribution in [0, 0.1) is 0 Å². The van der Waals surface area contributed by atoms with Crippen LogP contribution in [0.1, 0.15) is 25.1 Å². The molecule has 1 aliphatic rings. The molecule has 2 amide bonds. The molecule has 1 aromatic rings. The van der Waals surface area contributed by atoms with Crippen molar-refractivity contribution in [3.05, 3.63) is 29.6 Å². The molecule has 0 bridgehead atoms. The average Bonchev–Trinajstić information content (AvgIpc) is 2.36. The van der Waals surface area contributed by atoms with E-state index < -0.39 is 6.04 Å². The zero-order chi connectivity index (χ0) is 13.1. The smallest absolute Gasteiger partial charge is 0.245 e. The van der Waals surface area contributed by atoms with Crippen LogP contribution in [0.3, 0.4) is 0 Å². The molecule has 0 saturated carbocycles. The maximum atomic E-state index is 12.0. The molecule has 2 rings (SSSR count). The van der Waals surface area contributed by atoms with Crippen molar-refractivity contribution in [2.75, 3.05) is 6.54 Å². The summed E-state index contributed by atoms with van der Waals surface area (Å²) in [7, 11) is 0. The largest absolute Gasteiger partial charge is 0.343 e. The molecule has 96 valence electrons. The number of nitrogens with zero attached hydrogens (tertiary/aromatic N) is 2. The van der Waals surface area contributed by atoms with Gasteiger partial charge in [0.1, 0.15) is 12.6 Å². The number of amides is 2. The molecule has 0 spiro atoms. The maximum absolute atomic E-state index is 12.0. The molecule has 1 atom stereocenters. The number of rotatable bonds is 3. The molecule has 0 aliphatic carbocycles. The van der Waals surface area contributed by atoms with Crippen molar-refractivity contribution >= 4 is 11.8 Å². The summed E-state index contributed by atoms with van der Waals surface area (Å²) in [6.45, 7) is 4.27. The second kappa shape index (κ2) is 5.16. The van der Waals surface area contributed by atoms with Crippen LogP contribution in [0.5, 0.6) is 0 Å². The third-order valence-corrected chi connectivity index (χ3v) is 3.10. The van der Waals surface area contributed by atoms with Crippen molar-refractivity contribution in [1.82, 2.24) is 15.2 Å². The highest BCUT2D eigenvalue weighted by Crippen LogP contribution is 2.12. The molecular weight excluding hydrogens is 230 g/mol. The van der Waals surface area contributed by atoms with Gasteiger partial charge < -0.3 is 10.2 Å². The van der Waals surface area contributed by atoms with E-state index in [1.807, 2.05) is 19.1 Å². The van der Waals surface area contributed by atoms with Crippen LogP contribution in [0.2, 0.25) is 0 Å². The fraction of sp³-hybridized carbons (Fsp3) is 0.462. The minimum Gasteiger partial charge on any atom is -0.343 e. The Bertz CT molecular complexity index is 473. The van der Waals surface area contributed by atoms with Gasteiger partial charge in [0.2, 0.25) is 11.8 Å².